The summed E-state index contributed by atoms with van der Waals surface area (Å²) in [7, 11) is 1.49. The van der Waals surface area contributed by atoms with E-state index in [1.165, 1.54) is 23.9 Å². The maximum absolute atomic E-state index is 11.9. The van der Waals surface area contributed by atoms with Gasteiger partial charge in [-0.25, -0.2) is 9.78 Å². The Labute approximate surface area is 111 Å². The maximum Gasteiger partial charge on any atom is 0.329 e. The predicted molar refractivity (Wildman–Crippen MR) is 72.7 cm³/mol. The van der Waals surface area contributed by atoms with Gasteiger partial charge in [-0.3, -0.25) is 19.1 Å². The van der Waals surface area contributed by atoms with E-state index in [4.69, 9.17) is 0 Å². The third-order valence-corrected chi connectivity index (χ3v) is 3.07. The Morgan fingerprint density at radius 3 is 2.65 bits per heavy atom. The number of nitrogens with zero attached hydrogens (tertiary/aromatic N) is 2. The van der Waals surface area contributed by atoms with Gasteiger partial charge >= 0.3 is 5.69 Å². The number of rotatable bonds is 1. The zero-order valence-electron chi connectivity index (χ0n) is 10.8. The molecular weight excluding hydrogens is 262 g/mol. The van der Waals surface area contributed by atoms with Crippen molar-refractivity contribution in [2.75, 3.05) is 0 Å². The van der Waals surface area contributed by atoms with Crippen molar-refractivity contribution < 1.29 is 0 Å². The molecule has 3 aromatic heterocycles. The first-order valence-corrected chi connectivity index (χ1v) is 5.86. The molecule has 0 aromatic carbocycles. The molecule has 8 heteroatoms. The molecule has 0 saturated carbocycles. The van der Waals surface area contributed by atoms with Crippen LogP contribution >= 0.6 is 0 Å². The number of pyridine rings is 1. The van der Waals surface area contributed by atoms with Gasteiger partial charge < -0.3 is 9.97 Å². The van der Waals surface area contributed by atoms with Crippen LogP contribution in [0.4, 0.5) is 0 Å². The van der Waals surface area contributed by atoms with Crippen LogP contribution in [0.1, 0.15) is 5.69 Å². The molecule has 0 aliphatic carbocycles. The van der Waals surface area contributed by atoms with E-state index in [1.54, 1.807) is 6.92 Å². The van der Waals surface area contributed by atoms with Gasteiger partial charge in [-0.2, -0.15) is 0 Å². The summed E-state index contributed by atoms with van der Waals surface area (Å²) >= 11 is 0. The highest BCUT2D eigenvalue weighted by molar-refractivity contribution is 5.74. The molecule has 3 aromatic rings. The lowest BCUT2D eigenvalue weighted by atomic mass is 10.2. The molecule has 8 nitrogen and oxygen atoms in total. The maximum atomic E-state index is 11.9. The van der Waals surface area contributed by atoms with E-state index < -0.39 is 11.2 Å². The highest BCUT2D eigenvalue weighted by atomic mass is 16.2. The number of fused-ring (bicyclic) bond motifs is 1. The molecule has 0 spiro atoms. The van der Waals surface area contributed by atoms with Gasteiger partial charge in [0.1, 0.15) is 11.3 Å². The number of nitrogens with one attached hydrogen (secondary N) is 3. The number of aromatic amines is 3. The summed E-state index contributed by atoms with van der Waals surface area (Å²) in [5, 5.41) is 0. The van der Waals surface area contributed by atoms with E-state index in [9.17, 15) is 14.4 Å². The molecule has 0 aliphatic rings. The molecule has 3 rings (SSSR count). The number of H-pyrrole nitrogens is 3. The second-order valence-electron chi connectivity index (χ2n) is 4.50. The fraction of sp³-hybridized carbons (Fsp3) is 0.167. The Balaban J connectivity index is 2.37. The molecular formula is C12H11N5O3. The van der Waals surface area contributed by atoms with Crippen molar-refractivity contribution >= 4 is 11.2 Å². The first-order valence-electron chi connectivity index (χ1n) is 5.86. The summed E-state index contributed by atoms with van der Waals surface area (Å²) in [6, 6.07) is 1.44. The third kappa shape index (κ3) is 1.69. The third-order valence-electron chi connectivity index (χ3n) is 3.07. The summed E-state index contributed by atoms with van der Waals surface area (Å²) in [6.45, 7) is 1.76. The van der Waals surface area contributed by atoms with Crippen molar-refractivity contribution in [3.8, 4) is 11.4 Å². The molecule has 3 N–H and O–H groups in total. The van der Waals surface area contributed by atoms with Crippen molar-refractivity contribution in [2.45, 2.75) is 6.92 Å². The molecule has 20 heavy (non-hydrogen) atoms. The SMILES string of the molecule is Cc1cc(=O)c(-c2nc3c([nH]2)c(=O)[nH]c(=O)n3C)c[nH]1. The van der Waals surface area contributed by atoms with Gasteiger partial charge in [0.25, 0.3) is 5.56 Å². The zero-order valence-corrected chi connectivity index (χ0v) is 10.8. The fourth-order valence-electron chi connectivity index (χ4n) is 1.99. The topological polar surface area (TPSA) is 116 Å². The standard InChI is InChI=1S/C12H11N5O3/c1-5-3-7(18)6(4-13-5)9-14-8-10(15-9)17(2)12(20)16-11(8)19/h3-4H,1-2H3,(H,13,18)(H,14,15)(H,16,19,20). The van der Waals surface area contributed by atoms with Crippen LogP contribution in [0, 0.1) is 6.92 Å². The van der Waals surface area contributed by atoms with Gasteiger partial charge in [0.05, 0.1) is 5.56 Å². The molecule has 0 amide bonds. The Hall–Kier alpha value is -2.90. The average molecular weight is 273 g/mol. The largest absolute Gasteiger partial charge is 0.364 e. The van der Waals surface area contributed by atoms with E-state index in [0.29, 0.717) is 5.56 Å². The quantitative estimate of drug-likeness (QED) is 0.560. The second-order valence-corrected chi connectivity index (χ2v) is 4.50. The molecule has 0 fully saturated rings. The highest BCUT2D eigenvalue weighted by Gasteiger charge is 2.13. The molecule has 0 saturated heterocycles. The van der Waals surface area contributed by atoms with Gasteiger partial charge in [0, 0.05) is 25.0 Å². The van der Waals surface area contributed by atoms with E-state index in [2.05, 4.69) is 19.9 Å². The van der Waals surface area contributed by atoms with Gasteiger partial charge in [-0.1, -0.05) is 0 Å². The fourth-order valence-corrected chi connectivity index (χ4v) is 1.99. The summed E-state index contributed by atoms with van der Waals surface area (Å²) in [5.74, 6) is 0.243. The van der Waals surface area contributed by atoms with Gasteiger partial charge in [0.2, 0.25) is 0 Å². The minimum Gasteiger partial charge on any atom is -0.364 e. The van der Waals surface area contributed by atoms with Gasteiger partial charge in [0.15, 0.2) is 11.1 Å². The smallest absolute Gasteiger partial charge is 0.329 e. The number of aromatic nitrogens is 5. The van der Waals surface area contributed by atoms with E-state index in [1.807, 2.05) is 0 Å². The Morgan fingerprint density at radius 2 is 1.95 bits per heavy atom. The van der Waals surface area contributed by atoms with Crippen molar-refractivity contribution in [1.29, 1.82) is 0 Å². The highest BCUT2D eigenvalue weighted by Crippen LogP contribution is 2.13. The summed E-state index contributed by atoms with van der Waals surface area (Å²) in [5.41, 5.74) is 0.0417. The van der Waals surface area contributed by atoms with Crippen LogP contribution in [0.15, 0.2) is 26.6 Å². The van der Waals surface area contributed by atoms with Gasteiger partial charge in [-0.15, -0.1) is 0 Å². The van der Waals surface area contributed by atoms with Crippen LogP contribution in [-0.4, -0.2) is 24.5 Å². The average Bonchev–Trinajstić information content (AvgIpc) is 2.81. The zero-order chi connectivity index (χ0) is 14.4. The van der Waals surface area contributed by atoms with Crippen molar-refractivity contribution in [1.82, 2.24) is 24.5 Å². The second kappa shape index (κ2) is 4.05. The lowest BCUT2D eigenvalue weighted by Gasteiger charge is -1.96. The molecule has 0 radical (unpaired) electrons. The van der Waals surface area contributed by atoms with Crippen molar-refractivity contribution in [3.63, 3.8) is 0 Å². The molecule has 0 atom stereocenters. The van der Waals surface area contributed by atoms with Gasteiger partial charge in [-0.05, 0) is 6.92 Å². The number of imidazole rings is 1. The Bertz CT molecular complexity index is 989. The number of aryl methyl sites for hydroxylation is 2. The van der Waals surface area contributed by atoms with E-state index >= 15 is 0 Å². The lowest BCUT2D eigenvalue weighted by molar-refractivity contribution is 0.832. The Morgan fingerprint density at radius 1 is 1.20 bits per heavy atom. The molecule has 0 aliphatic heterocycles. The minimum atomic E-state index is -0.564. The van der Waals surface area contributed by atoms with Crippen LogP contribution in [0.25, 0.3) is 22.6 Å². The monoisotopic (exact) mass is 273 g/mol. The van der Waals surface area contributed by atoms with Crippen LogP contribution < -0.4 is 16.7 Å². The van der Waals surface area contributed by atoms with Crippen LogP contribution in [0.3, 0.4) is 0 Å². The normalized spacial score (nSPS) is 11.1. The van der Waals surface area contributed by atoms with Crippen LogP contribution in [-0.2, 0) is 7.05 Å². The summed E-state index contributed by atoms with van der Waals surface area (Å²) in [6.07, 6.45) is 1.52. The van der Waals surface area contributed by atoms with E-state index in [0.717, 1.165) is 5.69 Å². The number of hydrogen-bond donors (Lipinski definition) is 3. The molecule has 0 bridgehead atoms. The summed E-state index contributed by atoms with van der Waals surface area (Å²) in [4.78, 5) is 47.1. The first kappa shape index (κ1) is 12.2. The first-order chi connectivity index (χ1) is 9.47. The summed E-state index contributed by atoms with van der Waals surface area (Å²) < 4.78 is 1.21. The van der Waals surface area contributed by atoms with E-state index in [-0.39, 0.29) is 22.4 Å². The molecule has 3 heterocycles. The predicted octanol–water partition coefficient (Wildman–Crippen LogP) is -0.386. The van der Waals surface area contributed by atoms with Crippen LogP contribution in [0.5, 0.6) is 0 Å². The molecule has 0 unspecified atom stereocenters. The Kier molecular flexibility index (Phi) is 2.46. The molecule has 102 valence electrons. The lowest BCUT2D eigenvalue weighted by Crippen LogP contribution is -2.28. The number of hydrogen-bond acceptors (Lipinski definition) is 4. The van der Waals surface area contributed by atoms with Crippen molar-refractivity contribution in [3.05, 3.63) is 49.0 Å². The van der Waals surface area contributed by atoms with Crippen molar-refractivity contribution in [2.24, 2.45) is 7.05 Å². The van der Waals surface area contributed by atoms with Crippen LogP contribution in [0.2, 0.25) is 0 Å². The minimum absolute atomic E-state index is 0.155.